The molecule has 0 saturated carbocycles. The zero-order valence-electron chi connectivity index (χ0n) is 11.4. The minimum absolute atomic E-state index is 0.436. The predicted molar refractivity (Wildman–Crippen MR) is 73.7 cm³/mol. The molecule has 0 aliphatic rings. The highest BCUT2D eigenvalue weighted by atomic mass is 16.6. The van der Waals surface area contributed by atoms with Gasteiger partial charge in [-0.3, -0.25) is 15.1 Å². The SMILES string of the molecule is CCCCN(C)/C(=C\[N+](=O)[O-])NCc1cccnc1. The van der Waals surface area contributed by atoms with Crippen LogP contribution in [0.25, 0.3) is 0 Å². The van der Waals surface area contributed by atoms with Crippen LogP contribution in [0.4, 0.5) is 0 Å². The fourth-order valence-corrected chi connectivity index (χ4v) is 1.59. The third-order valence-corrected chi connectivity index (χ3v) is 2.68. The van der Waals surface area contributed by atoms with Gasteiger partial charge in [0.25, 0.3) is 6.20 Å². The van der Waals surface area contributed by atoms with Gasteiger partial charge in [0, 0.05) is 32.5 Å². The predicted octanol–water partition coefficient (Wildman–Crippen LogP) is 1.98. The second-order valence-corrected chi connectivity index (χ2v) is 4.29. The van der Waals surface area contributed by atoms with Crippen molar-refractivity contribution in [1.29, 1.82) is 0 Å². The van der Waals surface area contributed by atoms with E-state index in [9.17, 15) is 10.1 Å². The van der Waals surface area contributed by atoms with Crippen molar-refractivity contribution >= 4 is 0 Å². The molecule has 0 atom stereocenters. The fourth-order valence-electron chi connectivity index (χ4n) is 1.59. The van der Waals surface area contributed by atoms with Gasteiger partial charge in [-0.15, -0.1) is 0 Å². The van der Waals surface area contributed by atoms with E-state index >= 15 is 0 Å². The van der Waals surface area contributed by atoms with Crippen LogP contribution in [-0.2, 0) is 6.54 Å². The third-order valence-electron chi connectivity index (χ3n) is 2.68. The zero-order valence-corrected chi connectivity index (χ0v) is 11.4. The second-order valence-electron chi connectivity index (χ2n) is 4.29. The molecule has 1 heterocycles. The lowest BCUT2D eigenvalue weighted by Crippen LogP contribution is -2.30. The maximum absolute atomic E-state index is 10.6. The third kappa shape index (κ3) is 5.85. The Bertz CT molecular complexity index is 420. The Balaban J connectivity index is 2.62. The van der Waals surface area contributed by atoms with Gasteiger partial charge >= 0.3 is 0 Å². The van der Waals surface area contributed by atoms with Crippen molar-refractivity contribution in [2.75, 3.05) is 13.6 Å². The van der Waals surface area contributed by atoms with E-state index in [1.54, 1.807) is 12.4 Å². The number of hydrogen-bond donors (Lipinski definition) is 1. The van der Waals surface area contributed by atoms with E-state index in [0.717, 1.165) is 31.1 Å². The summed E-state index contributed by atoms with van der Waals surface area (Å²) in [6.07, 6.45) is 6.50. The van der Waals surface area contributed by atoms with Crippen molar-refractivity contribution in [3.8, 4) is 0 Å². The van der Waals surface area contributed by atoms with Crippen molar-refractivity contribution in [3.05, 3.63) is 52.2 Å². The molecular weight excluding hydrogens is 244 g/mol. The molecule has 19 heavy (non-hydrogen) atoms. The second kappa shape index (κ2) is 8.07. The molecule has 1 rings (SSSR count). The number of hydrogen-bond acceptors (Lipinski definition) is 5. The first-order valence-electron chi connectivity index (χ1n) is 6.32. The van der Waals surface area contributed by atoms with Gasteiger partial charge in [0.2, 0.25) is 0 Å². The number of nitrogens with one attached hydrogen (secondary N) is 1. The summed E-state index contributed by atoms with van der Waals surface area (Å²) in [5.41, 5.74) is 0.987. The average molecular weight is 264 g/mol. The van der Waals surface area contributed by atoms with E-state index in [2.05, 4.69) is 17.2 Å². The van der Waals surface area contributed by atoms with Gasteiger partial charge in [-0.2, -0.15) is 0 Å². The highest BCUT2D eigenvalue weighted by Gasteiger charge is 2.08. The first-order chi connectivity index (χ1) is 9.13. The molecule has 104 valence electrons. The number of nitro groups is 1. The standard InChI is InChI=1S/C13H20N4O2/c1-3-4-8-16(2)13(11-17(18)19)15-10-12-6-5-7-14-9-12/h5-7,9,11,15H,3-4,8,10H2,1-2H3/b13-11-. The van der Waals surface area contributed by atoms with Crippen LogP contribution < -0.4 is 5.32 Å². The Morgan fingerprint density at radius 3 is 3.00 bits per heavy atom. The van der Waals surface area contributed by atoms with Crippen molar-refractivity contribution in [2.24, 2.45) is 0 Å². The van der Waals surface area contributed by atoms with E-state index < -0.39 is 4.92 Å². The summed E-state index contributed by atoms with van der Waals surface area (Å²) in [5.74, 6) is 0.516. The molecular formula is C13H20N4O2. The summed E-state index contributed by atoms with van der Waals surface area (Å²) in [7, 11) is 1.85. The Labute approximate surface area is 113 Å². The minimum atomic E-state index is -0.436. The van der Waals surface area contributed by atoms with Gasteiger partial charge in [-0.05, 0) is 18.1 Å². The Hall–Kier alpha value is -2.11. The lowest BCUT2D eigenvalue weighted by atomic mass is 10.3. The maximum atomic E-state index is 10.6. The highest BCUT2D eigenvalue weighted by Crippen LogP contribution is 2.03. The van der Waals surface area contributed by atoms with Crippen LogP contribution in [0, 0.1) is 10.1 Å². The quantitative estimate of drug-likeness (QED) is 0.574. The average Bonchev–Trinajstić information content (AvgIpc) is 2.41. The largest absolute Gasteiger partial charge is 0.362 e. The van der Waals surface area contributed by atoms with Crippen LogP contribution in [0.15, 0.2) is 36.5 Å². The lowest BCUT2D eigenvalue weighted by Gasteiger charge is -2.21. The van der Waals surface area contributed by atoms with Gasteiger partial charge in [0.05, 0.1) is 4.92 Å². The summed E-state index contributed by atoms with van der Waals surface area (Å²) in [6, 6.07) is 3.77. The number of aromatic nitrogens is 1. The Morgan fingerprint density at radius 1 is 1.63 bits per heavy atom. The molecule has 6 nitrogen and oxygen atoms in total. The van der Waals surface area contributed by atoms with E-state index in [1.165, 1.54) is 0 Å². The molecule has 6 heteroatoms. The van der Waals surface area contributed by atoms with Crippen LogP contribution in [-0.4, -0.2) is 28.4 Å². The minimum Gasteiger partial charge on any atom is -0.362 e. The summed E-state index contributed by atoms with van der Waals surface area (Å²) < 4.78 is 0. The van der Waals surface area contributed by atoms with Gasteiger partial charge in [0.1, 0.15) is 0 Å². The highest BCUT2D eigenvalue weighted by molar-refractivity contribution is 5.09. The molecule has 1 N–H and O–H groups in total. The molecule has 0 radical (unpaired) electrons. The van der Waals surface area contributed by atoms with Crippen molar-refractivity contribution in [1.82, 2.24) is 15.2 Å². The van der Waals surface area contributed by atoms with Crippen LogP contribution in [0.1, 0.15) is 25.3 Å². The molecule has 0 bridgehead atoms. The number of unbranched alkanes of at least 4 members (excludes halogenated alkanes) is 1. The monoisotopic (exact) mass is 264 g/mol. The summed E-state index contributed by atoms with van der Waals surface area (Å²) in [4.78, 5) is 16.1. The molecule has 0 aliphatic heterocycles. The summed E-state index contributed by atoms with van der Waals surface area (Å²) in [5, 5.41) is 13.7. The smallest absolute Gasteiger partial charge is 0.274 e. The van der Waals surface area contributed by atoms with Crippen LogP contribution in [0.3, 0.4) is 0 Å². The number of pyridine rings is 1. The number of rotatable bonds is 8. The van der Waals surface area contributed by atoms with Crippen LogP contribution >= 0.6 is 0 Å². The molecule has 0 spiro atoms. The van der Waals surface area contributed by atoms with Crippen LogP contribution in [0.2, 0.25) is 0 Å². The molecule has 0 unspecified atom stereocenters. The van der Waals surface area contributed by atoms with E-state index in [4.69, 9.17) is 0 Å². The van der Waals surface area contributed by atoms with E-state index in [0.29, 0.717) is 12.4 Å². The Morgan fingerprint density at radius 2 is 2.42 bits per heavy atom. The van der Waals surface area contributed by atoms with Crippen molar-refractivity contribution in [2.45, 2.75) is 26.3 Å². The normalized spacial score (nSPS) is 11.2. The van der Waals surface area contributed by atoms with Gasteiger partial charge in [-0.1, -0.05) is 19.4 Å². The summed E-state index contributed by atoms with van der Waals surface area (Å²) in [6.45, 7) is 3.40. The molecule has 0 aliphatic carbocycles. The van der Waals surface area contributed by atoms with E-state index in [-0.39, 0.29) is 0 Å². The zero-order chi connectivity index (χ0) is 14.1. The first-order valence-corrected chi connectivity index (χ1v) is 6.32. The molecule has 1 aromatic heterocycles. The van der Waals surface area contributed by atoms with Gasteiger partial charge < -0.3 is 10.2 Å². The molecule has 0 aromatic carbocycles. The summed E-state index contributed by atoms with van der Waals surface area (Å²) >= 11 is 0. The van der Waals surface area contributed by atoms with Gasteiger partial charge in [0.15, 0.2) is 5.82 Å². The lowest BCUT2D eigenvalue weighted by molar-refractivity contribution is -0.404. The van der Waals surface area contributed by atoms with Crippen LogP contribution in [0.5, 0.6) is 0 Å². The maximum Gasteiger partial charge on any atom is 0.274 e. The van der Waals surface area contributed by atoms with E-state index in [1.807, 2.05) is 24.1 Å². The van der Waals surface area contributed by atoms with Crippen molar-refractivity contribution in [3.63, 3.8) is 0 Å². The Kier molecular flexibility index (Phi) is 6.35. The first kappa shape index (κ1) is 14.9. The van der Waals surface area contributed by atoms with Gasteiger partial charge in [-0.25, -0.2) is 0 Å². The number of nitrogens with zero attached hydrogens (tertiary/aromatic N) is 3. The van der Waals surface area contributed by atoms with Crippen molar-refractivity contribution < 1.29 is 4.92 Å². The molecule has 0 fully saturated rings. The molecule has 0 amide bonds. The topological polar surface area (TPSA) is 71.3 Å². The molecule has 0 saturated heterocycles. The molecule has 1 aromatic rings. The fraction of sp³-hybridized carbons (Fsp3) is 0.462.